The lowest BCUT2D eigenvalue weighted by molar-refractivity contribution is 0.367. The lowest BCUT2D eigenvalue weighted by Crippen LogP contribution is -2.35. The van der Waals surface area contributed by atoms with Crippen LogP contribution in [0, 0.1) is 0 Å². The Morgan fingerprint density at radius 2 is 1.71 bits per heavy atom. The lowest BCUT2D eigenvalue weighted by Gasteiger charge is -2.31. The SMILES string of the molecule is c1cnc(N2CCC(n3nnc4ccccc43)CC2)nc1. The van der Waals surface area contributed by atoms with Gasteiger partial charge in [-0.05, 0) is 31.0 Å². The molecule has 0 atom stereocenters. The van der Waals surface area contributed by atoms with Gasteiger partial charge in [-0.1, -0.05) is 17.3 Å². The van der Waals surface area contributed by atoms with Gasteiger partial charge in [-0.2, -0.15) is 0 Å². The number of para-hydroxylation sites is 1. The first kappa shape index (κ1) is 12.3. The zero-order chi connectivity index (χ0) is 14.1. The maximum atomic E-state index is 4.33. The number of nitrogens with zero attached hydrogens (tertiary/aromatic N) is 6. The zero-order valence-electron chi connectivity index (χ0n) is 11.6. The molecule has 0 amide bonds. The van der Waals surface area contributed by atoms with Crippen LogP contribution in [0.4, 0.5) is 5.95 Å². The van der Waals surface area contributed by atoms with Gasteiger partial charge in [0.25, 0.3) is 0 Å². The van der Waals surface area contributed by atoms with Gasteiger partial charge in [-0.25, -0.2) is 14.6 Å². The van der Waals surface area contributed by atoms with Gasteiger partial charge in [-0.3, -0.25) is 0 Å². The minimum atomic E-state index is 0.400. The Kier molecular flexibility index (Phi) is 2.99. The summed E-state index contributed by atoms with van der Waals surface area (Å²) in [5.74, 6) is 0.819. The van der Waals surface area contributed by atoms with Crippen molar-refractivity contribution >= 4 is 17.0 Å². The molecule has 1 aromatic carbocycles. The Hall–Kier alpha value is -2.50. The molecule has 2 aromatic heterocycles. The normalized spacial score (nSPS) is 16.5. The smallest absolute Gasteiger partial charge is 0.225 e. The Bertz CT molecular complexity index is 730. The number of benzene rings is 1. The minimum absolute atomic E-state index is 0.400. The lowest BCUT2D eigenvalue weighted by atomic mass is 10.1. The van der Waals surface area contributed by atoms with Crippen molar-refractivity contribution in [2.24, 2.45) is 0 Å². The Balaban J connectivity index is 1.53. The van der Waals surface area contributed by atoms with Crippen LogP contribution < -0.4 is 4.90 Å². The third-order valence-corrected chi connectivity index (χ3v) is 4.02. The van der Waals surface area contributed by atoms with E-state index in [1.807, 2.05) is 24.3 Å². The van der Waals surface area contributed by atoms with E-state index in [2.05, 4.69) is 35.9 Å². The predicted octanol–water partition coefficient (Wildman–Crippen LogP) is 2.06. The van der Waals surface area contributed by atoms with Crippen molar-refractivity contribution in [3.8, 4) is 0 Å². The molecule has 0 N–H and O–H groups in total. The molecule has 0 bridgehead atoms. The highest BCUT2D eigenvalue weighted by Gasteiger charge is 2.23. The van der Waals surface area contributed by atoms with Crippen LogP contribution in [-0.4, -0.2) is 38.1 Å². The summed E-state index contributed by atoms with van der Waals surface area (Å²) in [6.45, 7) is 1.89. The molecule has 0 radical (unpaired) electrons. The first-order valence-electron chi connectivity index (χ1n) is 7.24. The average Bonchev–Trinajstić information content (AvgIpc) is 3.00. The summed E-state index contributed by atoms with van der Waals surface area (Å²) < 4.78 is 2.07. The van der Waals surface area contributed by atoms with Crippen molar-refractivity contribution in [2.45, 2.75) is 18.9 Å². The number of rotatable bonds is 2. The van der Waals surface area contributed by atoms with Crippen LogP contribution >= 0.6 is 0 Å². The molecule has 1 saturated heterocycles. The topological polar surface area (TPSA) is 59.7 Å². The van der Waals surface area contributed by atoms with E-state index in [1.165, 1.54) is 0 Å². The number of anilines is 1. The Morgan fingerprint density at radius 1 is 0.952 bits per heavy atom. The number of aromatic nitrogens is 5. The second-order valence-electron chi connectivity index (χ2n) is 5.29. The average molecular weight is 280 g/mol. The van der Waals surface area contributed by atoms with E-state index in [1.54, 1.807) is 12.4 Å². The van der Waals surface area contributed by atoms with Gasteiger partial charge >= 0.3 is 0 Å². The van der Waals surface area contributed by atoms with Gasteiger partial charge < -0.3 is 4.90 Å². The van der Waals surface area contributed by atoms with Gasteiger partial charge in [0.15, 0.2) is 0 Å². The molecular weight excluding hydrogens is 264 g/mol. The van der Waals surface area contributed by atoms with E-state index in [0.29, 0.717) is 6.04 Å². The van der Waals surface area contributed by atoms with Crippen molar-refractivity contribution in [3.63, 3.8) is 0 Å². The fraction of sp³-hybridized carbons (Fsp3) is 0.333. The number of hydrogen-bond donors (Lipinski definition) is 0. The van der Waals surface area contributed by atoms with Gasteiger partial charge in [-0.15, -0.1) is 5.10 Å². The van der Waals surface area contributed by atoms with Crippen LogP contribution in [0.5, 0.6) is 0 Å². The highest BCUT2D eigenvalue weighted by atomic mass is 15.4. The molecular formula is C15H16N6. The molecule has 1 fully saturated rings. The molecule has 3 heterocycles. The van der Waals surface area contributed by atoms with Crippen LogP contribution in [0.15, 0.2) is 42.7 Å². The quantitative estimate of drug-likeness (QED) is 0.719. The first-order valence-corrected chi connectivity index (χ1v) is 7.24. The molecule has 1 aliphatic rings. The summed E-state index contributed by atoms with van der Waals surface area (Å²) >= 11 is 0. The van der Waals surface area contributed by atoms with E-state index in [-0.39, 0.29) is 0 Å². The van der Waals surface area contributed by atoms with Gasteiger partial charge in [0.2, 0.25) is 5.95 Å². The molecule has 4 rings (SSSR count). The molecule has 6 nitrogen and oxygen atoms in total. The largest absolute Gasteiger partial charge is 0.341 e. The number of fused-ring (bicyclic) bond motifs is 1. The van der Waals surface area contributed by atoms with Crippen molar-refractivity contribution in [2.75, 3.05) is 18.0 Å². The van der Waals surface area contributed by atoms with Crippen LogP contribution in [0.1, 0.15) is 18.9 Å². The Morgan fingerprint density at radius 3 is 2.52 bits per heavy atom. The summed E-state index contributed by atoms with van der Waals surface area (Å²) in [7, 11) is 0. The van der Waals surface area contributed by atoms with Crippen molar-refractivity contribution < 1.29 is 0 Å². The van der Waals surface area contributed by atoms with E-state index in [0.717, 1.165) is 42.9 Å². The van der Waals surface area contributed by atoms with Gasteiger partial charge in [0.05, 0.1) is 11.6 Å². The molecule has 0 spiro atoms. The Labute approximate surface area is 122 Å². The second-order valence-corrected chi connectivity index (χ2v) is 5.29. The summed E-state index contributed by atoms with van der Waals surface area (Å²) in [6.07, 6.45) is 5.65. The molecule has 0 unspecified atom stereocenters. The highest BCUT2D eigenvalue weighted by molar-refractivity contribution is 5.74. The maximum absolute atomic E-state index is 4.33. The third kappa shape index (κ3) is 2.22. The first-order chi connectivity index (χ1) is 10.4. The highest BCUT2D eigenvalue weighted by Crippen LogP contribution is 2.26. The molecule has 0 aliphatic carbocycles. The van der Waals surface area contributed by atoms with E-state index in [4.69, 9.17) is 0 Å². The summed E-state index contributed by atoms with van der Waals surface area (Å²) in [6, 6.07) is 10.4. The molecule has 0 saturated carbocycles. The molecule has 1 aliphatic heterocycles. The van der Waals surface area contributed by atoms with Gasteiger partial charge in [0, 0.05) is 25.5 Å². The summed E-state index contributed by atoms with van der Waals surface area (Å²) in [5, 5.41) is 8.58. The molecule has 21 heavy (non-hydrogen) atoms. The van der Waals surface area contributed by atoms with Crippen LogP contribution in [0.3, 0.4) is 0 Å². The van der Waals surface area contributed by atoms with Crippen molar-refractivity contribution in [1.29, 1.82) is 0 Å². The van der Waals surface area contributed by atoms with Crippen molar-refractivity contribution in [1.82, 2.24) is 25.0 Å². The zero-order valence-corrected chi connectivity index (χ0v) is 11.6. The fourth-order valence-corrected chi connectivity index (χ4v) is 2.92. The standard InChI is InChI=1S/C15H16N6/c1-2-5-14-13(4-1)18-19-21(14)12-6-10-20(11-7-12)15-16-8-3-9-17-15/h1-5,8-9,12H,6-7,10-11H2. The number of piperidine rings is 1. The maximum Gasteiger partial charge on any atom is 0.225 e. The van der Waals surface area contributed by atoms with E-state index < -0.39 is 0 Å². The molecule has 6 heteroatoms. The van der Waals surface area contributed by atoms with Crippen LogP contribution in [0.25, 0.3) is 11.0 Å². The predicted molar refractivity (Wildman–Crippen MR) is 80.0 cm³/mol. The van der Waals surface area contributed by atoms with Gasteiger partial charge in [0.1, 0.15) is 5.52 Å². The fourth-order valence-electron chi connectivity index (χ4n) is 2.92. The molecule has 106 valence electrons. The molecule has 3 aromatic rings. The third-order valence-electron chi connectivity index (χ3n) is 4.02. The number of hydrogen-bond acceptors (Lipinski definition) is 5. The van der Waals surface area contributed by atoms with Crippen LogP contribution in [0.2, 0.25) is 0 Å². The van der Waals surface area contributed by atoms with E-state index >= 15 is 0 Å². The second kappa shape index (κ2) is 5.12. The summed E-state index contributed by atoms with van der Waals surface area (Å²) in [4.78, 5) is 10.9. The minimum Gasteiger partial charge on any atom is -0.341 e. The monoisotopic (exact) mass is 280 g/mol. The summed E-state index contributed by atoms with van der Waals surface area (Å²) in [5.41, 5.74) is 2.08. The van der Waals surface area contributed by atoms with Crippen molar-refractivity contribution in [3.05, 3.63) is 42.7 Å². The van der Waals surface area contributed by atoms with Crippen LogP contribution in [-0.2, 0) is 0 Å². The van der Waals surface area contributed by atoms with E-state index in [9.17, 15) is 0 Å².